The summed E-state index contributed by atoms with van der Waals surface area (Å²) in [5, 5.41) is 5.51. The number of carbonyl (C=O) groups excluding carboxylic acids is 4. The van der Waals surface area contributed by atoms with Crippen LogP contribution in [0.15, 0.2) is 61.2 Å². The molecule has 0 radical (unpaired) electrons. The second-order valence-electron chi connectivity index (χ2n) is 11.9. The molecule has 0 aliphatic heterocycles. The zero-order valence-electron chi connectivity index (χ0n) is 25.7. The van der Waals surface area contributed by atoms with Crippen molar-refractivity contribution in [2.24, 2.45) is 11.7 Å². The quantitative estimate of drug-likeness (QED) is 0.287. The molecule has 9 nitrogen and oxygen atoms in total. The number of ether oxygens (including phenoxy) is 1. The lowest BCUT2D eigenvalue weighted by Gasteiger charge is -2.38. The van der Waals surface area contributed by atoms with Gasteiger partial charge in [0, 0.05) is 12.6 Å². The van der Waals surface area contributed by atoms with Crippen molar-refractivity contribution >= 4 is 29.9 Å². The Balaban J connectivity index is 2.61. The lowest BCUT2D eigenvalue weighted by Crippen LogP contribution is -2.56. The van der Waals surface area contributed by atoms with E-state index in [-0.39, 0.29) is 6.54 Å². The maximum Gasteiger partial charge on any atom is 0.408 e. The van der Waals surface area contributed by atoms with E-state index in [9.17, 15) is 19.2 Å². The van der Waals surface area contributed by atoms with Gasteiger partial charge in [-0.1, -0.05) is 75.0 Å². The molecule has 2 aromatic carbocycles. The van der Waals surface area contributed by atoms with Crippen molar-refractivity contribution in [3.05, 3.63) is 77.9 Å². The minimum Gasteiger partial charge on any atom is -0.444 e. The standard InChI is InChI=1S/C33H46N4O5/c1-8-24-15-12-16-26(19-24)29(30(39)35-21-25-13-10-9-11-14-25)37(23(4)18-17-22(2)3)31(40)27(20-28(34)38)36-32(41)42-33(5,6)7/h8-16,19,22-23,27,29H,1,17-18,20-21H2,2-7H3,(H2,34,38)(H,35,39)(H,36,41). The van der Waals surface area contributed by atoms with E-state index in [4.69, 9.17) is 10.5 Å². The number of nitrogens with zero attached hydrogens (tertiary/aromatic N) is 1. The molecule has 0 bridgehead atoms. The van der Waals surface area contributed by atoms with Crippen LogP contribution in [0.4, 0.5) is 4.79 Å². The largest absolute Gasteiger partial charge is 0.444 e. The molecule has 0 fully saturated rings. The number of hydrogen-bond donors (Lipinski definition) is 3. The van der Waals surface area contributed by atoms with Crippen molar-refractivity contribution in [3.63, 3.8) is 0 Å². The topological polar surface area (TPSA) is 131 Å². The normalized spacial score (nSPS) is 13.4. The molecule has 4 amide bonds. The van der Waals surface area contributed by atoms with Crippen LogP contribution < -0.4 is 16.4 Å². The van der Waals surface area contributed by atoms with Crippen molar-refractivity contribution < 1.29 is 23.9 Å². The number of amides is 4. The van der Waals surface area contributed by atoms with Crippen molar-refractivity contribution in [2.45, 2.75) is 91.1 Å². The Bertz CT molecular complexity index is 1220. The molecule has 2 aromatic rings. The van der Waals surface area contributed by atoms with Crippen LogP contribution in [0.5, 0.6) is 0 Å². The van der Waals surface area contributed by atoms with Gasteiger partial charge in [-0.3, -0.25) is 14.4 Å². The van der Waals surface area contributed by atoms with Gasteiger partial charge in [0.1, 0.15) is 17.7 Å². The summed E-state index contributed by atoms with van der Waals surface area (Å²) in [6, 6.07) is 13.8. The second kappa shape index (κ2) is 15.7. The number of alkyl carbamates (subject to hydrolysis) is 1. The van der Waals surface area contributed by atoms with E-state index in [2.05, 4.69) is 31.1 Å². The van der Waals surface area contributed by atoms with Gasteiger partial charge < -0.3 is 26.0 Å². The van der Waals surface area contributed by atoms with E-state index in [1.54, 1.807) is 45.0 Å². The molecule has 0 saturated carbocycles. The fraction of sp³-hybridized carbons (Fsp3) is 0.455. The van der Waals surface area contributed by atoms with E-state index in [1.165, 1.54) is 4.90 Å². The minimum atomic E-state index is -1.34. The van der Waals surface area contributed by atoms with Crippen LogP contribution in [0.3, 0.4) is 0 Å². The van der Waals surface area contributed by atoms with Gasteiger partial charge >= 0.3 is 6.09 Å². The fourth-order valence-corrected chi connectivity index (χ4v) is 4.52. The molecule has 9 heteroatoms. The minimum absolute atomic E-state index is 0.251. The molecule has 4 N–H and O–H groups in total. The summed E-state index contributed by atoms with van der Waals surface area (Å²) in [6.45, 7) is 15.2. The number of nitrogens with two attached hydrogens (primary N) is 1. The Labute approximate surface area is 249 Å². The van der Waals surface area contributed by atoms with Crippen molar-refractivity contribution in [3.8, 4) is 0 Å². The van der Waals surface area contributed by atoms with Crippen molar-refractivity contribution in [1.82, 2.24) is 15.5 Å². The van der Waals surface area contributed by atoms with Gasteiger partial charge in [0.15, 0.2) is 0 Å². The molecule has 42 heavy (non-hydrogen) atoms. The van der Waals surface area contributed by atoms with E-state index in [0.29, 0.717) is 17.9 Å². The first-order chi connectivity index (χ1) is 19.7. The molecule has 0 aliphatic carbocycles. The van der Waals surface area contributed by atoms with E-state index >= 15 is 0 Å². The van der Waals surface area contributed by atoms with Crippen molar-refractivity contribution in [1.29, 1.82) is 0 Å². The Morgan fingerprint density at radius 1 is 1.00 bits per heavy atom. The van der Waals surface area contributed by atoms with Crippen LogP contribution in [0.1, 0.15) is 83.5 Å². The summed E-state index contributed by atoms with van der Waals surface area (Å²) in [4.78, 5) is 54.7. The highest BCUT2D eigenvalue weighted by molar-refractivity contribution is 5.94. The van der Waals surface area contributed by atoms with Gasteiger partial charge in [-0.2, -0.15) is 0 Å². The molecular formula is C33H46N4O5. The van der Waals surface area contributed by atoms with E-state index in [0.717, 1.165) is 17.5 Å². The third-order valence-corrected chi connectivity index (χ3v) is 6.58. The molecule has 2 rings (SSSR count). The average Bonchev–Trinajstić information content (AvgIpc) is 2.91. The first-order valence-electron chi connectivity index (χ1n) is 14.4. The summed E-state index contributed by atoms with van der Waals surface area (Å²) in [5.41, 5.74) is 6.92. The first kappa shape index (κ1) is 34.1. The molecule has 0 spiro atoms. The van der Waals surface area contributed by atoms with Crippen LogP contribution in [-0.4, -0.2) is 46.4 Å². The number of nitrogens with one attached hydrogen (secondary N) is 2. The SMILES string of the molecule is C=Cc1cccc(C(C(=O)NCc2ccccc2)N(C(=O)C(CC(N)=O)NC(=O)OC(C)(C)C)C(C)CCC(C)C)c1. The van der Waals surface area contributed by atoms with Gasteiger partial charge in [-0.15, -0.1) is 0 Å². The summed E-state index contributed by atoms with van der Waals surface area (Å²) < 4.78 is 5.37. The lowest BCUT2D eigenvalue weighted by atomic mass is 9.95. The van der Waals surface area contributed by atoms with Crippen molar-refractivity contribution in [2.75, 3.05) is 0 Å². The number of rotatable bonds is 14. The second-order valence-corrected chi connectivity index (χ2v) is 11.9. The third-order valence-electron chi connectivity index (χ3n) is 6.58. The number of carbonyl (C=O) groups is 4. The first-order valence-corrected chi connectivity index (χ1v) is 14.4. The number of primary amides is 1. The Hall–Kier alpha value is -4.14. The van der Waals surface area contributed by atoms with Crippen LogP contribution in [0.25, 0.3) is 6.08 Å². The van der Waals surface area contributed by atoms with Gasteiger partial charge in [0.05, 0.1) is 6.42 Å². The molecule has 3 atom stereocenters. The Morgan fingerprint density at radius 2 is 1.67 bits per heavy atom. The summed E-state index contributed by atoms with van der Waals surface area (Å²) >= 11 is 0. The zero-order valence-corrected chi connectivity index (χ0v) is 25.7. The maximum absolute atomic E-state index is 14.4. The summed E-state index contributed by atoms with van der Waals surface area (Å²) in [7, 11) is 0. The van der Waals surface area contributed by atoms with Gasteiger partial charge in [0.25, 0.3) is 0 Å². The van der Waals surface area contributed by atoms with Crippen LogP contribution in [0, 0.1) is 5.92 Å². The highest BCUT2D eigenvalue weighted by Gasteiger charge is 2.39. The Kier molecular flexibility index (Phi) is 12.8. The fourth-order valence-electron chi connectivity index (χ4n) is 4.52. The summed E-state index contributed by atoms with van der Waals surface area (Å²) in [6.07, 6.45) is 1.71. The summed E-state index contributed by atoms with van der Waals surface area (Å²) in [5.74, 6) is -1.45. The number of benzene rings is 2. The predicted molar refractivity (Wildman–Crippen MR) is 165 cm³/mol. The molecule has 0 aromatic heterocycles. The molecule has 0 saturated heterocycles. The van der Waals surface area contributed by atoms with Crippen LogP contribution in [-0.2, 0) is 25.7 Å². The predicted octanol–water partition coefficient (Wildman–Crippen LogP) is 5.11. The van der Waals surface area contributed by atoms with Gasteiger partial charge in [-0.05, 0) is 69.2 Å². The molecule has 228 valence electrons. The highest BCUT2D eigenvalue weighted by Crippen LogP contribution is 2.29. The molecule has 0 aliphatic rings. The monoisotopic (exact) mass is 578 g/mol. The third kappa shape index (κ3) is 11.0. The highest BCUT2D eigenvalue weighted by atomic mass is 16.6. The van der Waals surface area contributed by atoms with Crippen LogP contribution in [0.2, 0.25) is 0 Å². The van der Waals surface area contributed by atoms with Gasteiger partial charge in [0.2, 0.25) is 17.7 Å². The number of hydrogen-bond acceptors (Lipinski definition) is 5. The lowest BCUT2D eigenvalue weighted by molar-refractivity contribution is -0.146. The molecule has 3 unspecified atom stereocenters. The molecule has 0 heterocycles. The maximum atomic E-state index is 14.4. The van der Waals surface area contributed by atoms with E-state index < -0.39 is 54.0 Å². The molecular weight excluding hydrogens is 532 g/mol. The average molecular weight is 579 g/mol. The van der Waals surface area contributed by atoms with Gasteiger partial charge in [-0.25, -0.2) is 4.79 Å². The smallest absolute Gasteiger partial charge is 0.408 e. The van der Waals surface area contributed by atoms with Crippen LogP contribution >= 0.6 is 0 Å². The zero-order chi connectivity index (χ0) is 31.4. The Morgan fingerprint density at radius 3 is 2.24 bits per heavy atom. The van der Waals surface area contributed by atoms with E-state index in [1.807, 2.05) is 43.3 Å².